The zero-order chi connectivity index (χ0) is 9.84. The summed E-state index contributed by atoms with van der Waals surface area (Å²) in [5.74, 6) is 0.958. The lowest BCUT2D eigenvalue weighted by atomic mass is 9.90. The molecule has 0 N–H and O–H groups in total. The molecule has 2 heteroatoms. The second-order valence-electron chi connectivity index (χ2n) is 3.72. The standard InChI is InChI=1S/C11H16OS/c1-8(2)10(4-6-12)11-9(3)5-7-13-11/h5-8,10H,4H2,1-3H3. The Morgan fingerprint density at radius 3 is 2.62 bits per heavy atom. The molecule has 0 amide bonds. The third-order valence-corrected chi connectivity index (χ3v) is 3.54. The van der Waals surface area contributed by atoms with Gasteiger partial charge in [0.15, 0.2) is 0 Å². The first kappa shape index (κ1) is 10.5. The number of carbonyl (C=O) groups is 1. The van der Waals surface area contributed by atoms with Crippen LogP contribution < -0.4 is 0 Å². The average molecular weight is 196 g/mol. The van der Waals surface area contributed by atoms with Crippen LogP contribution in [0, 0.1) is 12.8 Å². The molecule has 1 rings (SSSR count). The molecule has 0 aliphatic rings. The lowest BCUT2D eigenvalue weighted by molar-refractivity contribution is -0.108. The smallest absolute Gasteiger partial charge is 0.120 e. The molecule has 0 bridgehead atoms. The topological polar surface area (TPSA) is 17.1 Å². The van der Waals surface area contributed by atoms with E-state index in [9.17, 15) is 4.79 Å². The molecule has 1 heterocycles. The molecular formula is C11H16OS. The minimum atomic E-state index is 0.414. The minimum absolute atomic E-state index is 0.414. The predicted octanol–water partition coefficient (Wildman–Crippen LogP) is 3.39. The Kier molecular flexibility index (Phi) is 3.67. The molecule has 0 saturated carbocycles. The summed E-state index contributed by atoms with van der Waals surface area (Å²) >= 11 is 1.77. The molecule has 0 spiro atoms. The Morgan fingerprint density at radius 2 is 2.23 bits per heavy atom. The van der Waals surface area contributed by atoms with Crippen LogP contribution in [0.3, 0.4) is 0 Å². The second kappa shape index (κ2) is 4.56. The maximum atomic E-state index is 10.5. The number of aryl methyl sites for hydroxylation is 1. The molecule has 1 atom stereocenters. The highest BCUT2D eigenvalue weighted by molar-refractivity contribution is 7.10. The van der Waals surface area contributed by atoms with Crippen molar-refractivity contribution in [3.8, 4) is 0 Å². The van der Waals surface area contributed by atoms with Crippen LogP contribution in [0.1, 0.15) is 36.6 Å². The van der Waals surface area contributed by atoms with Crippen molar-refractivity contribution in [2.45, 2.75) is 33.1 Å². The van der Waals surface area contributed by atoms with Gasteiger partial charge in [-0.1, -0.05) is 13.8 Å². The zero-order valence-corrected chi connectivity index (χ0v) is 9.23. The molecule has 1 unspecified atom stereocenters. The third-order valence-electron chi connectivity index (χ3n) is 2.39. The van der Waals surface area contributed by atoms with E-state index >= 15 is 0 Å². The Balaban J connectivity index is 2.87. The lowest BCUT2D eigenvalue weighted by Gasteiger charge is -2.17. The summed E-state index contributed by atoms with van der Waals surface area (Å²) in [6.45, 7) is 6.46. The van der Waals surface area contributed by atoms with Crippen LogP contribution in [0.4, 0.5) is 0 Å². The van der Waals surface area contributed by atoms with Crippen molar-refractivity contribution in [3.05, 3.63) is 21.9 Å². The second-order valence-corrected chi connectivity index (χ2v) is 4.67. The number of thiophene rings is 1. The van der Waals surface area contributed by atoms with Gasteiger partial charge in [-0.3, -0.25) is 0 Å². The van der Waals surface area contributed by atoms with Crippen LogP contribution in [0.5, 0.6) is 0 Å². The van der Waals surface area contributed by atoms with E-state index in [0.29, 0.717) is 18.3 Å². The van der Waals surface area contributed by atoms with Gasteiger partial charge in [-0.15, -0.1) is 11.3 Å². The van der Waals surface area contributed by atoms with Crippen molar-refractivity contribution in [1.82, 2.24) is 0 Å². The molecule has 0 fully saturated rings. The molecule has 1 nitrogen and oxygen atoms in total. The number of carbonyl (C=O) groups excluding carboxylic acids is 1. The minimum Gasteiger partial charge on any atom is -0.303 e. The van der Waals surface area contributed by atoms with Gasteiger partial charge in [0.2, 0.25) is 0 Å². The predicted molar refractivity (Wildman–Crippen MR) is 57.3 cm³/mol. The molecule has 0 radical (unpaired) electrons. The number of aldehydes is 1. The summed E-state index contributed by atoms with van der Waals surface area (Å²) in [4.78, 5) is 11.9. The van der Waals surface area contributed by atoms with Crippen molar-refractivity contribution < 1.29 is 4.79 Å². The fourth-order valence-corrected chi connectivity index (χ4v) is 2.77. The molecule has 0 aliphatic carbocycles. The first-order chi connectivity index (χ1) is 6.16. The highest BCUT2D eigenvalue weighted by atomic mass is 32.1. The van der Waals surface area contributed by atoms with Crippen LogP contribution in [0.25, 0.3) is 0 Å². The van der Waals surface area contributed by atoms with Crippen molar-refractivity contribution in [2.24, 2.45) is 5.92 Å². The van der Waals surface area contributed by atoms with Gasteiger partial charge < -0.3 is 4.79 Å². The van der Waals surface area contributed by atoms with E-state index in [1.54, 1.807) is 11.3 Å². The normalized spacial score (nSPS) is 13.2. The van der Waals surface area contributed by atoms with E-state index in [1.165, 1.54) is 10.4 Å². The van der Waals surface area contributed by atoms with Crippen LogP contribution in [-0.2, 0) is 4.79 Å². The lowest BCUT2D eigenvalue weighted by Crippen LogP contribution is -2.06. The summed E-state index contributed by atoms with van der Waals surface area (Å²) in [5, 5.41) is 2.10. The Bertz CT molecular complexity index is 275. The van der Waals surface area contributed by atoms with Crippen LogP contribution in [-0.4, -0.2) is 6.29 Å². The molecule has 0 aromatic carbocycles. The van der Waals surface area contributed by atoms with E-state index in [4.69, 9.17) is 0 Å². The van der Waals surface area contributed by atoms with Gasteiger partial charge in [0.05, 0.1) is 0 Å². The fourth-order valence-electron chi connectivity index (χ4n) is 1.55. The van der Waals surface area contributed by atoms with E-state index in [2.05, 4.69) is 32.2 Å². The van der Waals surface area contributed by atoms with Crippen molar-refractivity contribution in [2.75, 3.05) is 0 Å². The summed E-state index contributed by atoms with van der Waals surface area (Å²) in [7, 11) is 0. The fraction of sp³-hybridized carbons (Fsp3) is 0.545. The maximum Gasteiger partial charge on any atom is 0.120 e. The summed E-state index contributed by atoms with van der Waals surface area (Å²) in [6, 6.07) is 2.13. The molecule has 1 aromatic heterocycles. The number of hydrogen-bond acceptors (Lipinski definition) is 2. The van der Waals surface area contributed by atoms with Gasteiger partial charge in [0, 0.05) is 17.2 Å². The Morgan fingerprint density at radius 1 is 1.54 bits per heavy atom. The maximum absolute atomic E-state index is 10.5. The first-order valence-electron chi connectivity index (χ1n) is 4.64. The summed E-state index contributed by atoms with van der Waals surface area (Å²) in [5.41, 5.74) is 1.32. The van der Waals surface area contributed by atoms with Gasteiger partial charge in [-0.25, -0.2) is 0 Å². The van der Waals surface area contributed by atoms with Crippen LogP contribution in [0.15, 0.2) is 11.4 Å². The van der Waals surface area contributed by atoms with E-state index in [1.807, 2.05) is 0 Å². The quantitative estimate of drug-likeness (QED) is 0.675. The van der Waals surface area contributed by atoms with E-state index in [-0.39, 0.29) is 0 Å². The van der Waals surface area contributed by atoms with Crippen molar-refractivity contribution in [1.29, 1.82) is 0 Å². The molecule has 72 valence electrons. The molecule has 0 saturated heterocycles. The van der Waals surface area contributed by atoms with Gasteiger partial charge in [0.1, 0.15) is 6.29 Å². The van der Waals surface area contributed by atoms with E-state index in [0.717, 1.165) is 6.29 Å². The van der Waals surface area contributed by atoms with Gasteiger partial charge >= 0.3 is 0 Å². The van der Waals surface area contributed by atoms with E-state index < -0.39 is 0 Å². The highest BCUT2D eigenvalue weighted by Gasteiger charge is 2.18. The highest BCUT2D eigenvalue weighted by Crippen LogP contribution is 2.33. The number of hydrogen-bond donors (Lipinski definition) is 0. The summed E-state index contributed by atoms with van der Waals surface area (Å²) in [6.07, 6.45) is 1.68. The van der Waals surface area contributed by atoms with Gasteiger partial charge in [-0.05, 0) is 29.9 Å². The molecule has 13 heavy (non-hydrogen) atoms. The number of rotatable bonds is 4. The largest absolute Gasteiger partial charge is 0.303 e. The SMILES string of the molecule is Cc1ccsc1C(CC=O)C(C)C. The van der Waals surface area contributed by atoms with Crippen LogP contribution in [0.2, 0.25) is 0 Å². The molecule has 0 aliphatic heterocycles. The van der Waals surface area contributed by atoms with Gasteiger partial charge in [-0.2, -0.15) is 0 Å². The monoisotopic (exact) mass is 196 g/mol. The van der Waals surface area contributed by atoms with Crippen LogP contribution >= 0.6 is 11.3 Å². The van der Waals surface area contributed by atoms with Crippen molar-refractivity contribution >= 4 is 17.6 Å². The van der Waals surface area contributed by atoms with Gasteiger partial charge in [0.25, 0.3) is 0 Å². The van der Waals surface area contributed by atoms with Crippen molar-refractivity contribution in [3.63, 3.8) is 0 Å². The summed E-state index contributed by atoms with van der Waals surface area (Å²) < 4.78 is 0. The Labute approximate surface area is 83.8 Å². The molecular weight excluding hydrogens is 180 g/mol. The third kappa shape index (κ3) is 2.41. The first-order valence-corrected chi connectivity index (χ1v) is 5.52. The average Bonchev–Trinajstić information content (AvgIpc) is 2.47. The zero-order valence-electron chi connectivity index (χ0n) is 8.41. The molecule has 1 aromatic rings. The Hall–Kier alpha value is -0.630.